The van der Waals surface area contributed by atoms with Crippen molar-refractivity contribution < 1.29 is 4.39 Å². The zero-order valence-corrected chi connectivity index (χ0v) is 13.7. The number of nitrogens with zero attached hydrogens (tertiary/aromatic N) is 3. The van der Waals surface area contributed by atoms with Crippen LogP contribution in [-0.2, 0) is 0 Å². The molecule has 1 N–H and O–H groups in total. The van der Waals surface area contributed by atoms with Gasteiger partial charge in [0.05, 0.1) is 0 Å². The Hall–Kier alpha value is -2.17. The van der Waals surface area contributed by atoms with Crippen LogP contribution in [0.15, 0.2) is 30.3 Å². The number of benzene rings is 1. The normalized spacial score (nSPS) is 18.0. The van der Waals surface area contributed by atoms with Gasteiger partial charge >= 0.3 is 0 Å². The predicted molar refractivity (Wildman–Crippen MR) is 91.7 cm³/mol. The van der Waals surface area contributed by atoms with E-state index in [9.17, 15) is 4.39 Å². The maximum atomic E-state index is 13.0. The lowest BCUT2D eigenvalue weighted by Gasteiger charge is -2.35. The quantitative estimate of drug-likeness (QED) is 0.906. The molecule has 2 aromatic rings. The molecule has 1 aromatic heterocycles. The summed E-state index contributed by atoms with van der Waals surface area (Å²) >= 11 is 0. The summed E-state index contributed by atoms with van der Waals surface area (Å²) in [5, 5.41) is 3.24. The first-order valence-electron chi connectivity index (χ1n) is 8.30. The number of hydrogen-bond acceptors (Lipinski definition) is 4. The summed E-state index contributed by atoms with van der Waals surface area (Å²) in [5.74, 6) is 1.30. The SMILES string of the molecule is CCC1CCCCN1c1nc(C)cc(Nc2ccc(F)cc2)n1. The fourth-order valence-corrected chi connectivity index (χ4v) is 3.11. The van der Waals surface area contributed by atoms with Crippen LogP contribution < -0.4 is 10.2 Å². The minimum absolute atomic E-state index is 0.241. The van der Waals surface area contributed by atoms with E-state index in [0.717, 1.165) is 36.1 Å². The van der Waals surface area contributed by atoms with Crippen molar-refractivity contribution in [2.45, 2.75) is 45.6 Å². The third-order valence-electron chi connectivity index (χ3n) is 4.31. The Morgan fingerprint density at radius 3 is 2.74 bits per heavy atom. The average molecular weight is 314 g/mol. The fraction of sp³-hybridized carbons (Fsp3) is 0.444. The van der Waals surface area contributed by atoms with Crippen LogP contribution in [0.3, 0.4) is 0 Å². The number of halogens is 1. The molecule has 1 aromatic carbocycles. The lowest BCUT2D eigenvalue weighted by atomic mass is 10.0. The molecule has 1 saturated heterocycles. The molecule has 4 nitrogen and oxygen atoms in total. The Balaban J connectivity index is 1.85. The molecule has 0 spiro atoms. The highest BCUT2D eigenvalue weighted by Gasteiger charge is 2.23. The second kappa shape index (κ2) is 6.94. The van der Waals surface area contributed by atoms with E-state index in [1.165, 1.54) is 31.4 Å². The van der Waals surface area contributed by atoms with Crippen molar-refractivity contribution in [3.05, 3.63) is 41.8 Å². The van der Waals surface area contributed by atoms with Crippen molar-refractivity contribution in [3.8, 4) is 0 Å². The molecule has 0 amide bonds. The highest BCUT2D eigenvalue weighted by atomic mass is 19.1. The molecule has 1 atom stereocenters. The number of aromatic nitrogens is 2. The number of hydrogen-bond donors (Lipinski definition) is 1. The summed E-state index contributed by atoms with van der Waals surface area (Å²) in [6.07, 6.45) is 4.78. The number of rotatable bonds is 4. The topological polar surface area (TPSA) is 41.1 Å². The predicted octanol–water partition coefficient (Wildman–Crippen LogP) is 4.44. The first-order valence-corrected chi connectivity index (χ1v) is 8.30. The van der Waals surface area contributed by atoms with E-state index < -0.39 is 0 Å². The molecule has 0 saturated carbocycles. The Bertz CT molecular complexity index is 657. The molecule has 1 aliphatic heterocycles. The van der Waals surface area contributed by atoms with Crippen molar-refractivity contribution in [1.29, 1.82) is 0 Å². The molecule has 2 heterocycles. The van der Waals surface area contributed by atoms with Crippen molar-refractivity contribution >= 4 is 17.5 Å². The minimum Gasteiger partial charge on any atom is -0.340 e. The van der Waals surface area contributed by atoms with Crippen LogP contribution in [0.1, 0.15) is 38.3 Å². The second-order valence-electron chi connectivity index (χ2n) is 6.08. The molecule has 23 heavy (non-hydrogen) atoms. The van der Waals surface area contributed by atoms with E-state index in [4.69, 9.17) is 0 Å². The summed E-state index contributed by atoms with van der Waals surface area (Å²) < 4.78 is 13.0. The summed E-state index contributed by atoms with van der Waals surface area (Å²) in [6, 6.07) is 8.73. The van der Waals surface area contributed by atoms with Gasteiger partial charge in [-0.05, 0) is 56.9 Å². The van der Waals surface area contributed by atoms with E-state index in [1.54, 1.807) is 12.1 Å². The molecular weight excluding hydrogens is 291 g/mol. The smallest absolute Gasteiger partial charge is 0.227 e. The van der Waals surface area contributed by atoms with Crippen LogP contribution in [0, 0.1) is 12.7 Å². The van der Waals surface area contributed by atoms with Crippen molar-refractivity contribution in [2.24, 2.45) is 0 Å². The van der Waals surface area contributed by atoms with Gasteiger partial charge in [0, 0.05) is 30.0 Å². The van der Waals surface area contributed by atoms with Gasteiger partial charge < -0.3 is 10.2 Å². The zero-order valence-electron chi connectivity index (χ0n) is 13.7. The van der Waals surface area contributed by atoms with E-state index in [-0.39, 0.29) is 5.82 Å². The Morgan fingerprint density at radius 2 is 2.00 bits per heavy atom. The van der Waals surface area contributed by atoms with E-state index in [0.29, 0.717) is 6.04 Å². The van der Waals surface area contributed by atoms with Gasteiger partial charge in [0.2, 0.25) is 5.95 Å². The third-order valence-corrected chi connectivity index (χ3v) is 4.31. The Labute approximate surface area is 136 Å². The lowest BCUT2D eigenvalue weighted by molar-refractivity contribution is 0.443. The van der Waals surface area contributed by atoms with E-state index in [2.05, 4.69) is 27.1 Å². The first kappa shape index (κ1) is 15.7. The van der Waals surface area contributed by atoms with Crippen LogP contribution >= 0.6 is 0 Å². The molecule has 3 rings (SSSR count). The second-order valence-corrected chi connectivity index (χ2v) is 6.08. The highest BCUT2D eigenvalue weighted by Crippen LogP contribution is 2.26. The van der Waals surface area contributed by atoms with Gasteiger partial charge in [0.1, 0.15) is 11.6 Å². The van der Waals surface area contributed by atoms with Gasteiger partial charge in [-0.2, -0.15) is 4.98 Å². The van der Waals surface area contributed by atoms with Gasteiger partial charge in [0.15, 0.2) is 0 Å². The van der Waals surface area contributed by atoms with Gasteiger partial charge in [0.25, 0.3) is 0 Å². The van der Waals surface area contributed by atoms with Crippen molar-refractivity contribution in [3.63, 3.8) is 0 Å². The molecule has 0 radical (unpaired) electrons. The summed E-state index contributed by atoms with van der Waals surface area (Å²) in [5.41, 5.74) is 1.75. The maximum Gasteiger partial charge on any atom is 0.227 e. The summed E-state index contributed by atoms with van der Waals surface area (Å²) in [7, 11) is 0. The molecule has 5 heteroatoms. The Kier molecular flexibility index (Phi) is 4.74. The zero-order chi connectivity index (χ0) is 16.2. The van der Waals surface area contributed by atoms with E-state index >= 15 is 0 Å². The first-order chi connectivity index (χ1) is 11.2. The number of piperidine rings is 1. The van der Waals surface area contributed by atoms with Gasteiger partial charge in [-0.25, -0.2) is 9.37 Å². The summed E-state index contributed by atoms with van der Waals surface area (Å²) in [4.78, 5) is 11.6. The molecule has 1 unspecified atom stereocenters. The van der Waals surface area contributed by atoms with Crippen LogP contribution in [0.4, 0.5) is 21.8 Å². The number of anilines is 3. The van der Waals surface area contributed by atoms with Crippen molar-refractivity contribution in [2.75, 3.05) is 16.8 Å². The Morgan fingerprint density at radius 1 is 1.22 bits per heavy atom. The third kappa shape index (κ3) is 3.78. The standard InChI is InChI=1S/C18H23FN4/c1-3-16-6-4-5-11-23(16)18-20-13(2)12-17(22-18)21-15-9-7-14(19)8-10-15/h7-10,12,16H,3-6,11H2,1-2H3,(H,20,21,22). The largest absolute Gasteiger partial charge is 0.340 e. The monoisotopic (exact) mass is 314 g/mol. The molecular formula is C18H23FN4. The van der Waals surface area contributed by atoms with Crippen LogP contribution in [-0.4, -0.2) is 22.6 Å². The molecule has 122 valence electrons. The number of aryl methyl sites for hydroxylation is 1. The van der Waals surface area contributed by atoms with Crippen LogP contribution in [0.5, 0.6) is 0 Å². The van der Waals surface area contributed by atoms with Crippen LogP contribution in [0.25, 0.3) is 0 Å². The maximum absolute atomic E-state index is 13.0. The number of nitrogens with one attached hydrogen (secondary N) is 1. The molecule has 0 bridgehead atoms. The molecule has 1 aliphatic rings. The lowest BCUT2D eigenvalue weighted by Crippen LogP contribution is -2.40. The average Bonchev–Trinajstić information content (AvgIpc) is 2.56. The van der Waals surface area contributed by atoms with Gasteiger partial charge in [-0.1, -0.05) is 6.92 Å². The van der Waals surface area contributed by atoms with Gasteiger partial charge in [-0.15, -0.1) is 0 Å². The van der Waals surface area contributed by atoms with Gasteiger partial charge in [-0.3, -0.25) is 0 Å². The molecule has 0 aliphatic carbocycles. The summed E-state index contributed by atoms with van der Waals surface area (Å²) in [6.45, 7) is 5.21. The highest BCUT2D eigenvalue weighted by molar-refractivity contribution is 5.57. The minimum atomic E-state index is -0.241. The van der Waals surface area contributed by atoms with E-state index in [1.807, 2.05) is 13.0 Å². The van der Waals surface area contributed by atoms with Crippen molar-refractivity contribution in [1.82, 2.24) is 9.97 Å². The fourth-order valence-electron chi connectivity index (χ4n) is 3.11. The molecule has 1 fully saturated rings. The van der Waals surface area contributed by atoms with Crippen LogP contribution in [0.2, 0.25) is 0 Å².